The Labute approximate surface area is 130 Å². The van der Waals surface area contributed by atoms with Gasteiger partial charge in [0.2, 0.25) is 0 Å². The number of halogens is 1. The molecule has 3 aromatic rings. The van der Waals surface area contributed by atoms with Crippen molar-refractivity contribution in [3.63, 3.8) is 0 Å². The molecule has 0 atom stereocenters. The van der Waals surface area contributed by atoms with Gasteiger partial charge in [0.1, 0.15) is 5.75 Å². The molecule has 106 valence electrons. The SMILES string of the molecule is COc1ccc2c(=O)n(Cc3ccc(Br)cc3)ccc2c1. The number of pyridine rings is 1. The maximum atomic E-state index is 12.5. The van der Waals surface area contributed by atoms with Crippen LogP contribution in [-0.2, 0) is 6.54 Å². The van der Waals surface area contributed by atoms with E-state index in [1.54, 1.807) is 11.7 Å². The van der Waals surface area contributed by atoms with Gasteiger partial charge in [-0.05, 0) is 47.3 Å². The zero-order chi connectivity index (χ0) is 14.8. The zero-order valence-corrected chi connectivity index (χ0v) is 13.1. The Morgan fingerprint density at radius 1 is 1.10 bits per heavy atom. The lowest BCUT2D eigenvalue weighted by Crippen LogP contribution is -2.19. The Kier molecular flexibility index (Phi) is 3.80. The van der Waals surface area contributed by atoms with Gasteiger partial charge in [-0.25, -0.2) is 0 Å². The molecule has 0 bridgehead atoms. The number of nitrogens with zero attached hydrogens (tertiary/aromatic N) is 1. The van der Waals surface area contributed by atoms with Crippen molar-refractivity contribution >= 4 is 26.7 Å². The first-order valence-electron chi connectivity index (χ1n) is 6.59. The number of hydrogen-bond acceptors (Lipinski definition) is 2. The summed E-state index contributed by atoms with van der Waals surface area (Å²) in [5.74, 6) is 0.757. The predicted octanol–water partition coefficient (Wildman–Crippen LogP) is 3.82. The number of hydrogen-bond donors (Lipinski definition) is 0. The van der Waals surface area contributed by atoms with Crippen LogP contribution < -0.4 is 10.3 Å². The van der Waals surface area contributed by atoms with Crippen molar-refractivity contribution in [2.45, 2.75) is 6.54 Å². The molecule has 3 rings (SSSR count). The highest BCUT2D eigenvalue weighted by Gasteiger charge is 2.04. The fourth-order valence-corrected chi connectivity index (χ4v) is 2.57. The molecule has 0 unspecified atom stereocenters. The molecule has 0 N–H and O–H groups in total. The van der Waals surface area contributed by atoms with Crippen LogP contribution in [0.4, 0.5) is 0 Å². The lowest BCUT2D eigenvalue weighted by molar-refractivity contribution is 0.415. The maximum absolute atomic E-state index is 12.5. The first-order chi connectivity index (χ1) is 10.2. The third-order valence-corrected chi connectivity index (χ3v) is 3.98. The van der Waals surface area contributed by atoms with E-state index >= 15 is 0 Å². The molecule has 0 saturated heterocycles. The molecule has 21 heavy (non-hydrogen) atoms. The van der Waals surface area contributed by atoms with Crippen molar-refractivity contribution in [2.24, 2.45) is 0 Å². The molecule has 0 aliphatic heterocycles. The number of methoxy groups -OCH3 is 1. The van der Waals surface area contributed by atoms with Gasteiger partial charge < -0.3 is 9.30 Å². The molecule has 0 amide bonds. The quantitative estimate of drug-likeness (QED) is 0.723. The summed E-state index contributed by atoms with van der Waals surface area (Å²) in [6.45, 7) is 0.564. The van der Waals surface area contributed by atoms with Gasteiger partial charge in [-0.3, -0.25) is 4.79 Å². The van der Waals surface area contributed by atoms with E-state index in [0.29, 0.717) is 11.9 Å². The minimum absolute atomic E-state index is 0.0121. The number of benzene rings is 2. The molecular weight excluding hydrogens is 330 g/mol. The van der Waals surface area contributed by atoms with Crippen LogP contribution in [0.5, 0.6) is 5.75 Å². The highest BCUT2D eigenvalue weighted by molar-refractivity contribution is 9.10. The van der Waals surface area contributed by atoms with Crippen LogP contribution in [0.1, 0.15) is 5.56 Å². The van der Waals surface area contributed by atoms with Gasteiger partial charge in [-0.15, -0.1) is 0 Å². The molecule has 0 aliphatic rings. The molecule has 0 fully saturated rings. The fourth-order valence-electron chi connectivity index (χ4n) is 2.30. The number of fused-ring (bicyclic) bond motifs is 1. The van der Waals surface area contributed by atoms with Crippen molar-refractivity contribution in [1.29, 1.82) is 0 Å². The van der Waals surface area contributed by atoms with Gasteiger partial charge >= 0.3 is 0 Å². The second-order valence-electron chi connectivity index (χ2n) is 4.83. The second-order valence-corrected chi connectivity index (χ2v) is 5.74. The Balaban J connectivity index is 2.02. The van der Waals surface area contributed by atoms with Crippen LogP contribution in [0.2, 0.25) is 0 Å². The zero-order valence-electron chi connectivity index (χ0n) is 11.5. The van der Waals surface area contributed by atoms with Gasteiger partial charge in [-0.2, -0.15) is 0 Å². The normalized spacial score (nSPS) is 10.8. The molecule has 0 saturated carbocycles. The number of ether oxygens (including phenoxy) is 1. The van der Waals surface area contributed by atoms with Gasteiger partial charge in [0, 0.05) is 16.1 Å². The molecule has 3 nitrogen and oxygen atoms in total. The van der Waals surface area contributed by atoms with Crippen LogP contribution in [0.3, 0.4) is 0 Å². The summed E-state index contributed by atoms with van der Waals surface area (Å²) in [5, 5.41) is 1.60. The van der Waals surface area contributed by atoms with Crippen molar-refractivity contribution in [3.05, 3.63) is 75.1 Å². The maximum Gasteiger partial charge on any atom is 0.258 e. The third-order valence-electron chi connectivity index (χ3n) is 3.45. The largest absolute Gasteiger partial charge is 0.497 e. The van der Waals surface area contributed by atoms with E-state index in [-0.39, 0.29) is 5.56 Å². The van der Waals surface area contributed by atoms with E-state index in [1.807, 2.05) is 54.7 Å². The molecule has 0 spiro atoms. The smallest absolute Gasteiger partial charge is 0.258 e. The molecule has 1 heterocycles. The van der Waals surface area contributed by atoms with Crippen LogP contribution in [-0.4, -0.2) is 11.7 Å². The van der Waals surface area contributed by atoms with Gasteiger partial charge in [0.15, 0.2) is 0 Å². The van der Waals surface area contributed by atoms with Gasteiger partial charge in [-0.1, -0.05) is 28.1 Å². The minimum Gasteiger partial charge on any atom is -0.497 e. The first kappa shape index (κ1) is 13.9. The fraction of sp³-hybridized carbons (Fsp3) is 0.118. The number of aromatic nitrogens is 1. The van der Waals surface area contributed by atoms with Crippen LogP contribution in [0.15, 0.2) is 64.0 Å². The molecule has 1 aromatic heterocycles. The summed E-state index contributed by atoms with van der Waals surface area (Å²) in [6, 6.07) is 15.4. The summed E-state index contributed by atoms with van der Waals surface area (Å²) >= 11 is 3.41. The Morgan fingerprint density at radius 2 is 1.86 bits per heavy atom. The number of rotatable bonds is 3. The highest BCUT2D eigenvalue weighted by atomic mass is 79.9. The van der Waals surface area contributed by atoms with Crippen molar-refractivity contribution in [1.82, 2.24) is 4.57 Å². The average Bonchev–Trinajstić information content (AvgIpc) is 2.52. The standard InChI is InChI=1S/C17H14BrNO2/c1-21-15-6-7-16-13(10-15)8-9-19(17(16)20)11-12-2-4-14(18)5-3-12/h2-10H,11H2,1H3. The Hall–Kier alpha value is -2.07. The van der Waals surface area contributed by atoms with Gasteiger partial charge in [0.25, 0.3) is 5.56 Å². The van der Waals surface area contributed by atoms with E-state index in [4.69, 9.17) is 4.74 Å². The van der Waals surface area contributed by atoms with E-state index < -0.39 is 0 Å². The summed E-state index contributed by atoms with van der Waals surface area (Å²) in [5.41, 5.74) is 1.10. The molecular formula is C17H14BrNO2. The van der Waals surface area contributed by atoms with Crippen molar-refractivity contribution in [3.8, 4) is 5.75 Å². The summed E-state index contributed by atoms with van der Waals surface area (Å²) in [7, 11) is 1.62. The Bertz CT molecular complexity index is 838. The predicted molar refractivity (Wildman–Crippen MR) is 88.0 cm³/mol. The Morgan fingerprint density at radius 3 is 2.57 bits per heavy atom. The van der Waals surface area contributed by atoms with Crippen molar-refractivity contribution in [2.75, 3.05) is 7.11 Å². The van der Waals surface area contributed by atoms with Crippen LogP contribution >= 0.6 is 15.9 Å². The average molecular weight is 344 g/mol. The molecule has 2 aromatic carbocycles. The lowest BCUT2D eigenvalue weighted by Gasteiger charge is -2.08. The first-order valence-corrected chi connectivity index (χ1v) is 7.38. The second kappa shape index (κ2) is 5.74. The topological polar surface area (TPSA) is 31.2 Å². The summed E-state index contributed by atoms with van der Waals surface area (Å²) < 4.78 is 7.94. The lowest BCUT2D eigenvalue weighted by atomic mass is 10.1. The van der Waals surface area contributed by atoms with Crippen LogP contribution in [0.25, 0.3) is 10.8 Å². The van der Waals surface area contributed by atoms with E-state index in [2.05, 4.69) is 15.9 Å². The molecule has 0 aliphatic carbocycles. The molecule has 0 radical (unpaired) electrons. The van der Waals surface area contributed by atoms with Crippen LogP contribution in [0, 0.1) is 0 Å². The highest BCUT2D eigenvalue weighted by Crippen LogP contribution is 2.18. The molecule has 4 heteroatoms. The third kappa shape index (κ3) is 2.85. The van der Waals surface area contributed by atoms with E-state index in [0.717, 1.165) is 21.2 Å². The van der Waals surface area contributed by atoms with Crippen molar-refractivity contribution < 1.29 is 4.74 Å². The van der Waals surface area contributed by atoms with E-state index in [9.17, 15) is 4.79 Å². The summed E-state index contributed by atoms with van der Waals surface area (Å²) in [6.07, 6.45) is 1.83. The minimum atomic E-state index is 0.0121. The summed E-state index contributed by atoms with van der Waals surface area (Å²) in [4.78, 5) is 12.5. The van der Waals surface area contributed by atoms with Gasteiger partial charge in [0.05, 0.1) is 13.7 Å². The van der Waals surface area contributed by atoms with E-state index in [1.165, 1.54) is 0 Å². The monoisotopic (exact) mass is 343 g/mol.